The molecule has 0 bridgehead atoms. The smallest absolute Gasteiger partial charge is 0.163 e. The topological polar surface area (TPSA) is 35.5 Å². The molecular formula is C14H17ClO3. The molecule has 1 unspecified atom stereocenters. The molecule has 0 saturated carbocycles. The molecule has 1 aliphatic heterocycles. The van der Waals surface area contributed by atoms with Crippen molar-refractivity contribution in [1.29, 1.82) is 0 Å². The van der Waals surface area contributed by atoms with Crippen molar-refractivity contribution >= 4 is 17.4 Å². The van der Waals surface area contributed by atoms with Gasteiger partial charge in [0.25, 0.3) is 0 Å². The summed E-state index contributed by atoms with van der Waals surface area (Å²) in [4.78, 5) is 11.5. The molecule has 0 spiro atoms. The lowest BCUT2D eigenvalue weighted by atomic mass is 10.1. The number of benzene rings is 1. The number of ether oxygens (including phenoxy) is 2. The Bertz CT molecular complexity index is 425. The molecule has 98 valence electrons. The first kappa shape index (κ1) is 13.4. The van der Waals surface area contributed by atoms with Crippen molar-refractivity contribution < 1.29 is 14.3 Å². The quantitative estimate of drug-likeness (QED) is 0.767. The summed E-state index contributed by atoms with van der Waals surface area (Å²) in [5, 5.41) is 0.548. The van der Waals surface area contributed by atoms with Crippen molar-refractivity contribution in [3.8, 4) is 5.75 Å². The zero-order valence-corrected chi connectivity index (χ0v) is 11.2. The lowest BCUT2D eigenvalue weighted by molar-refractivity contribution is 0.0898. The van der Waals surface area contributed by atoms with Crippen molar-refractivity contribution in [3.63, 3.8) is 0 Å². The van der Waals surface area contributed by atoms with E-state index in [4.69, 9.17) is 21.1 Å². The van der Waals surface area contributed by atoms with Gasteiger partial charge in [0.1, 0.15) is 5.75 Å². The maximum absolute atomic E-state index is 11.5. The van der Waals surface area contributed by atoms with Gasteiger partial charge in [0, 0.05) is 18.1 Å². The lowest BCUT2D eigenvalue weighted by Gasteiger charge is -2.12. The monoisotopic (exact) mass is 268 g/mol. The van der Waals surface area contributed by atoms with E-state index < -0.39 is 0 Å². The van der Waals surface area contributed by atoms with E-state index in [2.05, 4.69) is 0 Å². The lowest BCUT2D eigenvalue weighted by Crippen LogP contribution is -2.11. The molecule has 4 heteroatoms. The minimum absolute atomic E-state index is 0.0374. The number of ketones is 1. The number of hydrogen-bond donors (Lipinski definition) is 0. The molecule has 1 saturated heterocycles. The van der Waals surface area contributed by atoms with Crippen molar-refractivity contribution in [2.45, 2.75) is 32.3 Å². The van der Waals surface area contributed by atoms with E-state index in [0.29, 0.717) is 29.0 Å². The van der Waals surface area contributed by atoms with Crippen LogP contribution >= 0.6 is 11.6 Å². The van der Waals surface area contributed by atoms with Gasteiger partial charge in [-0.25, -0.2) is 0 Å². The summed E-state index contributed by atoms with van der Waals surface area (Å²) in [5.74, 6) is 0.564. The molecule has 1 aromatic carbocycles. The maximum atomic E-state index is 11.5. The summed E-state index contributed by atoms with van der Waals surface area (Å²) >= 11 is 5.87. The van der Waals surface area contributed by atoms with Crippen LogP contribution in [0.2, 0.25) is 5.02 Å². The zero-order chi connectivity index (χ0) is 13.0. The molecule has 1 aliphatic rings. The number of carbonyl (C=O) groups is 1. The molecule has 1 aromatic rings. The predicted molar refractivity (Wildman–Crippen MR) is 70.5 cm³/mol. The summed E-state index contributed by atoms with van der Waals surface area (Å²) in [7, 11) is 0. The molecule has 0 aromatic heterocycles. The van der Waals surface area contributed by atoms with E-state index in [9.17, 15) is 4.79 Å². The number of Topliss-reactive ketones (excluding diaryl/α,β-unsaturated/α-hetero) is 1. The molecule has 0 amide bonds. The second-order valence-corrected chi connectivity index (χ2v) is 4.91. The van der Waals surface area contributed by atoms with Crippen molar-refractivity contribution in [1.82, 2.24) is 0 Å². The molecule has 2 rings (SSSR count). The Hall–Kier alpha value is -1.06. The highest BCUT2D eigenvalue weighted by Crippen LogP contribution is 2.24. The van der Waals surface area contributed by atoms with Gasteiger partial charge in [0.05, 0.1) is 18.3 Å². The predicted octanol–water partition coefficient (Wildman–Crippen LogP) is 3.49. The van der Waals surface area contributed by atoms with Gasteiger partial charge in [-0.05, 0) is 38.0 Å². The summed E-state index contributed by atoms with van der Waals surface area (Å²) in [6.07, 6.45) is 3.39. The molecule has 1 atom stereocenters. The normalized spacial score (nSPS) is 18.9. The molecular weight excluding hydrogens is 252 g/mol. The number of carbonyl (C=O) groups excluding carboxylic acids is 1. The van der Waals surface area contributed by atoms with Crippen LogP contribution in [0.1, 0.15) is 36.5 Å². The third-order valence-corrected chi connectivity index (χ3v) is 3.28. The van der Waals surface area contributed by atoms with Gasteiger partial charge in [0.15, 0.2) is 5.78 Å². The van der Waals surface area contributed by atoms with Gasteiger partial charge >= 0.3 is 0 Å². The first-order chi connectivity index (χ1) is 8.66. The number of halogens is 1. The van der Waals surface area contributed by atoms with Gasteiger partial charge in [-0.15, -0.1) is 0 Å². The number of rotatable bonds is 5. The van der Waals surface area contributed by atoms with Gasteiger partial charge in [0.2, 0.25) is 0 Å². The summed E-state index contributed by atoms with van der Waals surface area (Å²) < 4.78 is 11.2. The maximum Gasteiger partial charge on any atom is 0.163 e. The van der Waals surface area contributed by atoms with Gasteiger partial charge in [-0.2, -0.15) is 0 Å². The Kier molecular flexibility index (Phi) is 4.61. The average Bonchev–Trinajstić information content (AvgIpc) is 2.84. The second kappa shape index (κ2) is 6.21. The Morgan fingerprint density at radius 3 is 3.06 bits per heavy atom. The van der Waals surface area contributed by atoms with Crippen LogP contribution in [-0.2, 0) is 4.74 Å². The van der Waals surface area contributed by atoms with Crippen LogP contribution in [0.25, 0.3) is 0 Å². The van der Waals surface area contributed by atoms with E-state index in [-0.39, 0.29) is 5.78 Å². The van der Waals surface area contributed by atoms with Crippen LogP contribution in [0.5, 0.6) is 5.75 Å². The van der Waals surface area contributed by atoms with E-state index in [1.165, 1.54) is 6.92 Å². The van der Waals surface area contributed by atoms with Crippen LogP contribution in [0, 0.1) is 0 Å². The van der Waals surface area contributed by atoms with E-state index in [0.717, 1.165) is 25.9 Å². The standard InChI is InChI=1S/C14H17ClO3/c1-10(16)13-9-11(15)4-5-14(13)18-8-6-12-3-2-7-17-12/h4-5,9,12H,2-3,6-8H2,1H3. The van der Waals surface area contributed by atoms with Crippen molar-refractivity contribution in [2.75, 3.05) is 13.2 Å². The van der Waals surface area contributed by atoms with E-state index in [1.54, 1.807) is 18.2 Å². The molecule has 0 radical (unpaired) electrons. The largest absolute Gasteiger partial charge is 0.493 e. The molecule has 18 heavy (non-hydrogen) atoms. The average molecular weight is 269 g/mol. The molecule has 0 N–H and O–H groups in total. The van der Waals surface area contributed by atoms with E-state index in [1.807, 2.05) is 0 Å². The summed E-state index contributed by atoms with van der Waals surface area (Å²) in [6.45, 7) is 2.93. The fourth-order valence-corrected chi connectivity index (χ4v) is 2.25. The Labute approximate surface area is 112 Å². The van der Waals surface area contributed by atoms with Crippen LogP contribution in [0.4, 0.5) is 0 Å². The molecule has 0 aliphatic carbocycles. The third kappa shape index (κ3) is 3.47. The molecule has 3 nitrogen and oxygen atoms in total. The van der Waals surface area contributed by atoms with Gasteiger partial charge in [-0.3, -0.25) is 4.79 Å². The summed E-state index contributed by atoms with van der Waals surface area (Å²) in [6, 6.07) is 5.12. The first-order valence-electron chi connectivity index (χ1n) is 6.21. The minimum Gasteiger partial charge on any atom is -0.493 e. The Morgan fingerprint density at radius 1 is 1.56 bits per heavy atom. The SMILES string of the molecule is CC(=O)c1cc(Cl)ccc1OCCC1CCCO1. The van der Waals surface area contributed by atoms with Crippen LogP contribution in [-0.4, -0.2) is 25.1 Å². The molecule has 1 fully saturated rings. The van der Waals surface area contributed by atoms with Crippen molar-refractivity contribution in [3.05, 3.63) is 28.8 Å². The minimum atomic E-state index is -0.0374. The second-order valence-electron chi connectivity index (χ2n) is 4.47. The van der Waals surface area contributed by atoms with Crippen LogP contribution < -0.4 is 4.74 Å². The zero-order valence-electron chi connectivity index (χ0n) is 10.4. The van der Waals surface area contributed by atoms with E-state index >= 15 is 0 Å². The number of hydrogen-bond acceptors (Lipinski definition) is 3. The first-order valence-corrected chi connectivity index (χ1v) is 6.59. The highest BCUT2D eigenvalue weighted by Gasteiger charge is 2.16. The fraction of sp³-hybridized carbons (Fsp3) is 0.500. The Morgan fingerprint density at radius 2 is 2.39 bits per heavy atom. The summed E-state index contributed by atoms with van der Waals surface area (Å²) in [5.41, 5.74) is 0.537. The van der Waals surface area contributed by atoms with Crippen molar-refractivity contribution in [2.24, 2.45) is 0 Å². The highest BCUT2D eigenvalue weighted by atomic mass is 35.5. The van der Waals surface area contributed by atoms with Crippen LogP contribution in [0.3, 0.4) is 0 Å². The third-order valence-electron chi connectivity index (χ3n) is 3.04. The van der Waals surface area contributed by atoms with Gasteiger partial charge < -0.3 is 9.47 Å². The van der Waals surface area contributed by atoms with Crippen LogP contribution in [0.15, 0.2) is 18.2 Å². The highest BCUT2D eigenvalue weighted by molar-refractivity contribution is 6.31. The van der Waals surface area contributed by atoms with Gasteiger partial charge in [-0.1, -0.05) is 11.6 Å². The Balaban J connectivity index is 1.93. The fourth-order valence-electron chi connectivity index (χ4n) is 2.08. The molecule has 1 heterocycles.